The van der Waals surface area contributed by atoms with E-state index in [0.29, 0.717) is 30.2 Å². The number of aliphatic carboxylic acids is 1. The molecule has 2 amide bonds. The van der Waals surface area contributed by atoms with Crippen molar-refractivity contribution in [1.29, 1.82) is 0 Å². The van der Waals surface area contributed by atoms with E-state index in [0.717, 1.165) is 54.5 Å². The Kier molecular flexibility index (Phi) is 11.7. The Labute approximate surface area is 231 Å². The quantitative estimate of drug-likeness (QED) is 0.322. The highest BCUT2D eigenvalue weighted by atomic mass is 32.2. The molecule has 3 rings (SSSR count). The van der Waals surface area contributed by atoms with Crippen molar-refractivity contribution in [3.8, 4) is 11.1 Å². The third kappa shape index (κ3) is 8.10. The van der Waals surface area contributed by atoms with Crippen molar-refractivity contribution in [3.05, 3.63) is 59.2 Å². The Morgan fingerprint density at radius 2 is 1.82 bits per heavy atom. The third-order valence-corrected chi connectivity index (χ3v) is 8.12. The molecule has 1 aliphatic rings. The standard InChI is InChI=1S/C31H42N2O4S/c1-4-29(34)33(24-13-6-5-7-14-24)19-10-12-23-16-17-26(27(21-23)25-15-9-8-11-22(25)2)30(35)32-28(31(36)37)18-20-38-3/h8-9,11,15-17,21,24,28H,4-7,10,12-14,18-20H2,1-3H3,(H,32,35)(H,36,37)/t28-/m0/s1. The Bertz CT molecular complexity index is 1100. The number of thioether (sulfide) groups is 1. The van der Waals surface area contributed by atoms with Gasteiger partial charge in [0.05, 0.1) is 0 Å². The molecule has 0 unspecified atom stereocenters. The number of hydrogen-bond acceptors (Lipinski definition) is 4. The molecular weight excluding hydrogens is 496 g/mol. The van der Waals surface area contributed by atoms with E-state index in [4.69, 9.17) is 0 Å². The van der Waals surface area contributed by atoms with Gasteiger partial charge in [-0.1, -0.05) is 62.6 Å². The fraction of sp³-hybridized carbons (Fsp3) is 0.516. The molecule has 206 valence electrons. The molecule has 0 aliphatic heterocycles. The monoisotopic (exact) mass is 538 g/mol. The van der Waals surface area contributed by atoms with Gasteiger partial charge < -0.3 is 15.3 Å². The summed E-state index contributed by atoms with van der Waals surface area (Å²) in [5.74, 6) is -0.510. The number of nitrogens with zero attached hydrogens (tertiary/aromatic N) is 1. The van der Waals surface area contributed by atoms with Gasteiger partial charge in [-0.05, 0) is 79.4 Å². The number of hydrogen-bond donors (Lipinski definition) is 2. The zero-order valence-electron chi connectivity index (χ0n) is 23.0. The van der Waals surface area contributed by atoms with Gasteiger partial charge in [-0.15, -0.1) is 0 Å². The van der Waals surface area contributed by atoms with Crippen molar-refractivity contribution in [3.63, 3.8) is 0 Å². The lowest BCUT2D eigenvalue weighted by molar-refractivity contribution is -0.139. The molecule has 1 fully saturated rings. The average molecular weight is 539 g/mol. The molecule has 1 atom stereocenters. The van der Waals surface area contributed by atoms with E-state index >= 15 is 0 Å². The molecule has 0 heterocycles. The molecule has 1 aliphatic carbocycles. The maximum absolute atomic E-state index is 13.3. The first-order chi connectivity index (χ1) is 18.3. The maximum atomic E-state index is 13.3. The van der Waals surface area contributed by atoms with Gasteiger partial charge in [0.1, 0.15) is 6.04 Å². The van der Waals surface area contributed by atoms with Crippen molar-refractivity contribution in [2.45, 2.75) is 83.7 Å². The highest BCUT2D eigenvalue weighted by Crippen LogP contribution is 2.29. The lowest BCUT2D eigenvalue weighted by Crippen LogP contribution is -2.41. The van der Waals surface area contributed by atoms with Gasteiger partial charge in [0.15, 0.2) is 0 Å². The van der Waals surface area contributed by atoms with E-state index in [2.05, 4.69) is 16.3 Å². The van der Waals surface area contributed by atoms with Crippen LogP contribution in [0.4, 0.5) is 0 Å². The molecule has 6 nitrogen and oxygen atoms in total. The smallest absolute Gasteiger partial charge is 0.326 e. The normalized spacial score (nSPS) is 14.6. The summed E-state index contributed by atoms with van der Waals surface area (Å²) in [7, 11) is 0. The predicted octanol–water partition coefficient (Wildman–Crippen LogP) is 6.10. The van der Waals surface area contributed by atoms with Crippen LogP contribution in [0.25, 0.3) is 11.1 Å². The second-order valence-corrected chi connectivity index (χ2v) is 11.2. The molecule has 0 bridgehead atoms. The molecule has 2 aromatic carbocycles. The molecule has 0 radical (unpaired) electrons. The van der Waals surface area contributed by atoms with Crippen LogP contribution < -0.4 is 5.32 Å². The summed E-state index contributed by atoms with van der Waals surface area (Å²) in [4.78, 5) is 39.8. The van der Waals surface area contributed by atoms with Crippen molar-refractivity contribution < 1.29 is 19.5 Å². The van der Waals surface area contributed by atoms with Crippen LogP contribution in [0.2, 0.25) is 0 Å². The molecule has 0 aromatic heterocycles. The number of benzene rings is 2. The Hall–Kier alpha value is -2.80. The SMILES string of the molecule is CCC(=O)N(CCCc1ccc(C(=O)N[C@@H](CCSC)C(=O)O)c(-c2ccccc2C)c1)C1CCCCC1. The summed E-state index contributed by atoms with van der Waals surface area (Å²) < 4.78 is 0. The second-order valence-electron chi connectivity index (χ2n) is 10.2. The topological polar surface area (TPSA) is 86.7 Å². The van der Waals surface area contributed by atoms with Crippen LogP contribution in [0.3, 0.4) is 0 Å². The van der Waals surface area contributed by atoms with E-state index in [-0.39, 0.29) is 11.8 Å². The number of rotatable bonds is 13. The lowest BCUT2D eigenvalue weighted by Gasteiger charge is -2.34. The second kappa shape index (κ2) is 15.0. The van der Waals surface area contributed by atoms with Crippen LogP contribution in [0.1, 0.15) is 79.8 Å². The largest absolute Gasteiger partial charge is 0.480 e. The van der Waals surface area contributed by atoms with Gasteiger partial charge in [0, 0.05) is 24.6 Å². The van der Waals surface area contributed by atoms with Crippen molar-refractivity contribution in [2.75, 3.05) is 18.6 Å². The highest BCUT2D eigenvalue weighted by molar-refractivity contribution is 7.98. The summed E-state index contributed by atoms with van der Waals surface area (Å²) in [6, 6.07) is 13.2. The van der Waals surface area contributed by atoms with Gasteiger partial charge in [-0.3, -0.25) is 9.59 Å². The summed E-state index contributed by atoms with van der Waals surface area (Å²) >= 11 is 1.56. The molecule has 2 aromatic rings. The fourth-order valence-electron chi connectivity index (χ4n) is 5.33. The van der Waals surface area contributed by atoms with E-state index < -0.39 is 12.0 Å². The van der Waals surface area contributed by atoms with Crippen LogP contribution in [-0.4, -0.2) is 58.4 Å². The van der Waals surface area contributed by atoms with Gasteiger partial charge in [0.25, 0.3) is 5.91 Å². The Balaban J connectivity index is 1.81. The molecular formula is C31H42N2O4S. The van der Waals surface area contributed by atoms with E-state index in [9.17, 15) is 19.5 Å². The van der Waals surface area contributed by atoms with Crippen LogP contribution in [0.15, 0.2) is 42.5 Å². The minimum Gasteiger partial charge on any atom is -0.480 e. The fourth-order valence-corrected chi connectivity index (χ4v) is 5.80. The Morgan fingerprint density at radius 3 is 2.47 bits per heavy atom. The molecule has 1 saturated carbocycles. The number of carbonyl (C=O) groups is 3. The number of amides is 2. The number of carboxylic acid groups (broad SMARTS) is 1. The van der Waals surface area contributed by atoms with Crippen molar-refractivity contribution in [1.82, 2.24) is 10.2 Å². The first-order valence-corrected chi connectivity index (χ1v) is 15.3. The van der Waals surface area contributed by atoms with Crippen LogP contribution in [0, 0.1) is 6.92 Å². The van der Waals surface area contributed by atoms with Crippen LogP contribution >= 0.6 is 11.8 Å². The lowest BCUT2D eigenvalue weighted by atomic mass is 9.92. The van der Waals surface area contributed by atoms with Crippen LogP contribution in [0.5, 0.6) is 0 Å². The van der Waals surface area contributed by atoms with E-state index in [1.807, 2.05) is 56.5 Å². The Morgan fingerprint density at radius 1 is 1.08 bits per heavy atom. The number of aryl methyl sites for hydroxylation is 2. The van der Waals surface area contributed by atoms with E-state index in [1.165, 1.54) is 19.3 Å². The first kappa shape index (κ1) is 29.8. The molecule has 2 N–H and O–H groups in total. The van der Waals surface area contributed by atoms with Gasteiger partial charge in [0.2, 0.25) is 5.91 Å². The summed E-state index contributed by atoms with van der Waals surface area (Å²) in [5, 5.41) is 12.3. The first-order valence-electron chi connectivity index (χ1n) is 13.9. The number of carbonyl (C=O) groups excluding carboxylic acids is 2. The molecule has 0 saturated heterocycles. The maximum Gasteiger partial charge on any atom is 0.326 e. The minimum atomic E-state index is -1.02. The predicted molar refractivity (Wildman–Crippen MR) is 156 cm³/mol. The van der Waals surface area contributed by atoms with Gasteiger partial charge in [-0.25, -0.2) is 4.79 Å². The van der Waals surface area contributed by atoms with E-state index in [1.54, 1.807) is 11.8 Å². The zero-order valence-corrected chi connectivity index (χ0v) is 23.8. The number of carboxylic acids is 1. The van der Waals surface area contributed by atoms with Crippen molar-refractivity contribution >= 4 is 29.5 Å². The zero-order chi connectivity index (χ0) is 27.5. The summed E-state index contributed by atoms with van der Waals surface area (Å²) in [6.07, 6.45) is 10.3. The minimum absolute atomic E-state index is 0.235. The molecule has 38 heavy (non-hydrogen) atoms. The highest BCUT2D eigenvalue weighted by Gasteiger charge is 2.25. The third-order valence-electron chi connectivity index (χ3n) is 7.48. The van der Waals surface area contributed by atoms with Gasteiger partial charge in [-0.2, -0.15) is 11.8 Å². The van der Waals surface area contributed by atoms with Crippen LogP contribution in [-0.2, 0) is 16.0 Å². The van der Waals surface area contributed by atoms with Gasteiger partial charge >= 0.3 is 5.97 Å². The summed E-state index contributed by atoms with van der Waals surface area (Å²) in [6.45, 7) is 4.70. The average Bonchev–Trinajstić information content (AvgIpc) is 2.93. The number of nitrogens with one attached hydrogen (secondary N) is 1. The molecule has 0 spiro atoms. The molecule has 7 heteroatoms. The summed E-state index contributed by atoms with van der Waals surface area (Å²) in [5.41, 5.74) is 4.39. The van der Waals surface area contributed by atoms with Crippen molar-refractivity contribution in [2.24, 2.45) is 0 Å².